The maximum Gasteiger partial charge on any atom is 0.305 e. The Hall–Kier alpha value is -0.690. The Bertz CT molecular complexity index is 542. The molecule has 2 unspecified atom stereocenters. The van der Waals surface area contributed by atoms with E-state index < -0.39 is 6.10 Å². The second kappa shape index (κ2) is 26.2. The molecule has 1 aliphatic heterocycles. The van der Waals surface area contributed by atoms with Crippen LogP contribution in [0, 0.1) is 5.92 Å². The third-order valence-corrected chi connectivity index (χ3v) is 8.28. The fourth-order valence-corrected chi connectivity index (χ4v) is 5.75. The Labute approximate surface area is 242 Å². The number of ether oxygens (including phenoxy) is 2. The van der Waals surface area contributed by atoms with Crippen molar-refractivity contribution in [1.82, 2.24) is 9.80 Å². The van der Waals surface area contributed by atoms with Crippen LogP contribution in [-0.2, 0) is 14.3 Å². The van der Waals surface area contributed by atoms with E-state index in [1.54, 1.807) is 7.11 Å². The Balaban J connectivity index is 2.28. The molecule has 0 saturated carbocycles. The van der Waals surface area contributed by atoms with Crippen molar-refractivity contribution in [2.75, 3.05) is 59.6 Å². The molecule has 39 heavy (non-hydrogen) atoms. The fourth-order valence-electron chi connectivity index (χ4n) is 5.75. The number of unbranched alkanes of at least 4 members (excludes halogenated alkanes) is 10. The molecular weight excluding hydrogens is 488 g/mol. The second-order valence-electron chi connectivity index (χ2n) is 12.1. The number of piperidine rings is 1. The minimum atomic E-state index is -0.447. The van der Waals surface area contributed by atoms with Gasteiger partial charge in [-0.25, -0.2) is 0 Å². The monoisotopic (exact) mass is 555 g/mol. The number of rotatable bonds is 27. The van der Waals surface area contributed by atoms with E-state index >= 15 is 0 Å². The number of carbonyl (C=O) groups is 1. The van der Waals surface area contributed by atoms with Crippen LogP contribution in [0.4, 0.5) is 0 Å². The maximum absolute atomic E-state index is 12.5. The van der Waals surface area contributed by atoms with Crippen molar-refractivity contribution in [2.45, 2.75) is 142 Å². The van der Waals surface area contributed by atoms with Gasteiger partial charge >= 0.3 is 5.97 Å². The topological polar surface area (TPSA) is 62.2 Å². The van der Waals surface area contributed by atoms with Crippen LogP contribution < -0.4 is 0 Å². The van der Waals surface area contributed by atoms with Crippen molar-refractivity contribution in [2.24, 2.45) is 5.92 Å². The van der Waals surface area contributed by atoms with Gasteiger partial charge < -0.3 is 19.5 Å². The molecule has 1 heterocycles. The van der Waals surface area contributed by atoms with E-state index in [9.17, 15) is 9.90 Å². The Kier molecular flexibility index (Phi) is 24.4. The highest BCUT2D eigenvalue weighted by molar-refractivity contribution is 5.69. The summed E-state index contributed by atoms with van der Waals surface area (Å²) in [7, 11) is 1.64. The highest BCUT2D eigenvalue weighted by Crippen LogP contribution is 2.20. The minimum absolute atomic E-state index is 0.0195. The van der Waals surface area contributed by atoms with E-state index in [2.05, 4.69) is 23.6 Å². The van der Waals surface area contributed by atoms with Gasteiger partial charge in [-0.05, 0) is 64.1 Å². The minimum Gasteiger partial charge on any atom is -0.465 e. The zero-order valence-corrected chi connectivity index (χ0v) is 26.3. The van der Waals surface area contributed by atoms with Gasteiger partial charge in [-0.15, -0.1) is 0 Å². The fraction of sp³-hybridized carbons (Fsp3) is 0.970. The van der Waals surface area contributed by atoms with E-state index in [1.807, 2.05) is 0 Å². The van der Waals surface area contributed by atoms with Crippen LogP contribution in [0.2, 0.25) is 0 Å². The van der Waals surface area contributed by atoms with Crippen molar-refractivity contribution in [3.63, 3.8) is 0 Å². The molecule has 0 aromatic rings. The molecule has 6 heteroatoms. The zero-order valence-electron chi connectivity index (χ0n) is 26.3. The van der Waals surface area contributed by atoms with Gasteiger partial charge in [0.2, 0.25) is 0 Å². The molecule has 6 nitrogen and oxygen atoms in total. The number of likely N-dealkylation sites (tertiary alicyclic amines) is 1. The summed E-state index contributed by atoms with van der Waals surface area (Å²) in [6, 6.07) is 0. The molecule has 0 radical (unpaired) electrons. The van der Waals surface area contributed by atoms with Gasteiger partial charge in [-0.3, -0.25) is 9.69 Å². The normalized spacial score (nSPS) is 16.0. The lowest BCUT2D eigenvalue weighted by molar-refractivity contribution is -0.145. The van der Waals surface area contributed by atoms with Crippen LogP contribution in [0.1, 0.15) is 136 Å². The Morgan fingerprint density at radius 3 is 2.08 bits per heavy atom. The number of aliphatic hydroxyl groups excluding tert-OH is 1. The molecule has 2 atom stereocenters. The summed E-state index contributed by atoms with van der Waals surface area (Å²) in [6.07, 6.45) is 22.5. The molecule has 0 aliphatic carbocycles. The van der Waals surface area contributed by atoms with Crippen molar-refractivity contribution < 1.29 is 19.4 Å². The summed E-state index contributed by atoms with van der Waals surface area (Å²) in [5, 5.41) is 10.3. The first kappa shape index (κ1) is 36.3. The molecule has 0 amide bonds. The number of esters is 1. The lowest BCUT2D eigenvalue weighted by Gasteiger charge is -2.31. The van der Waals surface area contributed by atoms with Crippen LogP contribution in [0.25, 0.3) is 0 Å². The zero-order chi connectivity index (χ0) is 28.4. The molecule has 1 N–H and O–H groups in total. The van der Waals surface area contributed by atoms with Gasteiger partial charge in [-0.2, -0.15) is 0 Å². The van der Waals surface area contributed by atoms with E-state index in [1.165, 1.54) is 109 Å². The summed E-state index contributed by atoms with van der Waals surface area (Å²) in [5.41, 5.74) is 0. The van der Waals surface area contributed by atoms with E-state index in [0.717, 1.165) is 38.9 Å². The van der Waals surface area contributed by atoms with Gasteiger partial charge in [0, 0.05) is 33.2 Å². The van der Waals surface area contributed by atoms with Crippen LogP contribution in [0.3, 0.4) is 0 Å². The molecular formula is C33H66N2O4. The second-order valence-corrected chi connectivity index (χ2v) is 12.1. The number of aliphatic hydroxyl groups is 1. The third-order valence-electron chi connectivity index (χ3n) is 8.28. The Morgan fingerprint density at radius 1 is 0.795 bits per heavy atom. The number of hydrogen-bond acceptors (Lipinski definition) is 6. The smallest absolute Gasteiger partial charge is 0.305 e. The maximum atomic E-state index is 12.5. The summed E-state index contributed by atoms with van der Waals surface area (Å²) in [4.78, 5) is 17.4. The molecule has 1 aliphatic rings. The molecule has 0 bridgehead atoms. The van der Waals surface area contributed by atoms with Gasteiger partial charge in [0.25, 0.3) is 0 Å². The molecule has 1 rings (SSSR count). The number of nitrogens with zero attached hydrogens (tertiary/aromatic N) is 2. The summed E-state index contributed by atoms with van der Waals surface area (Å²) < 4.78 is 10.9. The predicted octanol–water partition coefficient (Wildman–Crippen LogP) is 7.22. The lowest BCUT2D eigenvalue weighted by atomic mass is 9.95. The van der Waals surface area contributed by atoms with Gasteiger partial charge in [0.1, 0.15) is 0 Å². The Morgan fingerprint density at radius 2 is 1.41 bits per heavy atom. The van der Waals surface area contributed by atoms with E-state index in [0.29, 0.717) is 32.1 Å². The average Bonchev–Trinajstić information content (AvgIpc) is 2.94. The summed E-state index contributed by atoms with van der Waals surface area (Å²) >= 11 is 0. The SMILES string of the molecule is CCCCCCCCC(CCCCCC)COC(=O)CCCCCN(CCN1CCCCC1)CC(O)COC. The highest BCUT2D eigenvalue weighted by atomic mass is 16.5. The number of carbonyl (C=O) groups excluding carboxylic acids is 1. The lowest BCUT2D eigenvalue weighted by Crippen LogP contribution is -2.42. The van der Waals surface area contributed by atoms with Gasteiger partial charge in [-0.1, -0.05) is 90.9 Å². The van der Waals surface area contributed by atoms with Crippen LogP contribution >= 0.6 is 0 Å². The standard InChI is InChI=1S/C33H66N2O4/c1-4-6-8-10-11-15-21-31(20-14-9-7-5-2)29-39-33(37)22-16-12-17-25-35(28-32(36)30-38-3)27-26-34-23-18-13-19-24-34/h31-32,36H,4-30H2,1-3H3. The first-order valence-electron chi connectivity index (χ1n) is 16.9. The number of methoxy groups -OCH3 is 1. The van der Waals surface area contributed by atoms with Crippen LogP contribution in [-0.4, -0.2) is 86.6 Å². The van der Waals surface area contributed by atoms with E-state index in [-0.39, 0.29) is 5.97 Å². The molecule has 1 saturated heterocycles. The first-order valence-corrected chi connectivity index (χ1v) is 16.9. The van der Waals surface area contributed by atoms with Crippen molar-refractivity contribution in [1.29, 1.82) is 0 Å². The predicted molar refractivity (Wildman–Crippen MR) is 164 cm³/mol. The molecule has 0 aromatic heterocycles. The number of hydrogen-bond donors (Lipinski definition) is 1. The van der Waals surface area contributed by atoms with Crippen LogP contribution in [0.5, 0.6) is 0 Å². The van der Waals surface area contributed by atoms with Gasteiger partial charge in [0.05, 0.1) is 19.3 Å². The molecule has 1 fully saturated rings. The van der Waals surface area contributed by atoms with E-state index in [4.69, 9.17) is 9.47 Å². The third kappa shape index (κ3) is 21.7. The largest absolute Gasteiger partial charge is 0.465 e. The summed E-state index contributed by atoms with van der Waals surface area (Å²) in [6.45, 7) is 11.6. The average molecular weight is 555 g/mol. The van der Waals surface area contributed by atoms with Crippen molar-refractivity contribution in [3.8, 4) is 0 Å². The molecule has 232 valence electrons. The quantitative estimate of drug-likeness (QED) is 0.0854. The summed E-state index contributed by atoms with van der Waals surface area (Å²) in [5.74, 6) is 0.512. The van der Waals surface area contributed by atoms with Gasteiger partial charge in [0.15, 0.2) is 0 Å². The van der Waals surface area contributed by atoms with Crippen molar-refractivity contribution >= 4 is 5.97 Å². The van der Waals surface area contributed by atoms with Crippen molar-refractivity contribution in [3.05, 3.63) is 0 Å². The highest BCUT2D eigenvalue weighted by Gasteiger charge is 2.16. The first-order chi connectivity index (χ1) is 19.1. The molecule has 0 spiro atoms. The molecule has 0 aromatic carbocycles. The van der Waals surface area contributed by atoms with Crippen LogP contribution in [0.15, 0.2) is 0 Å².